The fraction of sp³-hybridized carbons (Fsp3) is 0.545. The Balaban J connectivity index is 2.26. The Labute approximate surface area is 99.8 Å². The Morgan fingerprint density at radius 3 is 3.25 bits per heavy atom. The molecule has 0 aromatic carbocycles. The third kappa shape index (κ3) is 2.29. The zero-order chi connectivity index (χ0) is 11.4. The van der Waals surface area contributed by atoms with Crippen LogP contribution in [-0.2, 0) is 10.6 Å². The van der Waals surface area contributed by atoms with E-state index < -0.39 is 0 Å². The Kier molecular flexibility index (Phi) is 3.98. The van der Waals surface area contributed by atoms with Gasteiger partial charge in [-0.15, -0.1) is 11.6 Å². The van der Waals surface area contributed by atoms with E-state index in [1.54, 1.807) is 6.20 Å². The van der Waals surface area contributed by atoms with Crippen LogP contribution in [0.4, 0.5) is 5.82 Å². The quantitative estimate of drug-likeness (QED) is 0.804. The van der Waals surface area contributed by atoms with Crippen molar-refractivity contribution in [1.29, 1.82) is 0 Å². The highest BCUT2D eigenvalue weighted by atomic mass is 35.5. The van der Waals surface area contributed by atoms with Crippen LogP contribution >= 0.6 is 11.6 Å². The van der Waals surface area contributed by atoms with E-state index >= 15 is 0 Å². The molecule has 1 atom stereocenters. The summed E-state index contributed by atoms with van der Waals surface area (Å²) in [5.41, 5.74) is 0.990. The number of aromatic nitrogens is 1. The fourth-order valence-corrected chi connectivity index (χ4v) is 2.09. The van der Waals surface area contributed by atoms with Crippen LogP contribution in [0, 0.1) is 0 Å². The first-order valence-corrected chi connectivity index (χ1v) is 5.85. The van der Waals surface area contributed by atoms with Crippen molar-refractivity contribution in [1.82, 2.24) is 4.98 Å². The minimum absolute atomic E-state index is 0.0226. The van der Waals surface area contributed by atoms with Crippen molar-refractivity contribution in [3.05, 3.63) is 23.9 Å². The maximum Gasteiger partial charge on any atom is 0.133 e. The first kappa shape index (κ1) is 11.6. The summed E-state index contributed by atoms with van der Waals surface area (Å²) >= 11 is 5.88. The molecule has 0 aliphatic carbocycles. The Morgan fingerprint density at radius 1 is 1.62 bits per heavy atom. The molecule has 0 radical (unpaired) electrons. The molecule has 0 saturated carbocycles. The lowest BCUT2D eigenvalue weighted by molar-refractivity contribution is 0.0722. The highest BCUT2D eigenvalue weighted by Crippen LogP contribution is 2.22. The van der Waals surface area contributed by atoms with Crippen molar-refractivity contribution in [2.45, 2.75) is 11.9 Å². The van der Waals surface area contributed by atoms with Gasteiger partial charge in [0.05, 0.1) is 31.7 Å². The number of nitrogens with zero attached hydrogens (tertiary/aromatic N) is 2. The second-order valence-electron chi connectivity index (χ2n) is 3.72. The Hall–Kier alpha value is -0.840. The molecule has 5 heteroatoms. The lowest BCUT2D eigenvalue weighted by Crippen LogP contribution is -2.48. The summed E-state index contributed by atoms with van der Waals surface area (Å²) in [6.45, 7) is 2.01. The number of morpholine rings is 1. The van der Waals surface area contributed by atoms with Crippen LogP contribution in [0.15, 0.2) is 18.3 Å². The van der Waals surface area contributed by atoms with Gasteiger partial charge in [-0.1, -0.05) is 6.07 Å². The summed E-state index contributed by atoms with van der Waals surface area (Å²) in [5.74, 6) is 1.29. The number of aliphatic hydroxyl groups excluding tert-OH is 1. The maximum absolute atomic E-state index is 9.30. The van der Waals surface area contributed by atoms with Gasteiger partial charge in [0.15, 0.2) is 0 Å². The molecule has 1 aliphatic rings. The molecular weight excluding hydrogens is 228 g/mol. The molecule has 4 nitrogen and oxygen atoms in total. The average molecular weight is 243 g/mol. The summed E-state index contributed by atoms with van der Waals surface area (Å²) in [6.07, 6.45) is 1.75. The van der Waals surface area contributed by atoms with E-state index in [9.17, 15) is 5.11 Å². The highest BCUT2D eigenvalue weighted by Gasteiger charge is 2.24. The van der Waals surface area contributed by atoms with E-state index in [2.05, 4.69) is 9.88 Å². The molecule has 0 bridgehead atoms. The number of pyridine rings is 1. The van der Waals surface area contributed by atoms with E-state index in [1.807, 2.05) is 12.1 Å². The second-order valence-corrected chi connectivity index (χ2v) is 3.99. The lowest BCUT2D eigenvalue weighted by atomic mass is 10.2. The lowest BCUT2D eigenvalue weighted by Gasteiger charge is -2.36. The number of hydrogen-bond donors (Lipinski definition) is 1. The van der Waals surface area contributed by atoms with Gasteiger partial charge in [0.2, 0.25) is 0 Å². The van der Waals surface area contributed by atoms with Gasteiger partial charge < -0.3 is 14.7 Å². The molecule has 88 valence electrons. The van der Waals surface area contributed by atoms with E-state index in [0.717, 1.165) is 17.9 Å². The van der Waals surface area contributed by atoms with Gasteiger partial charge in [0.25, 0.3) is 0 Å². The number of rotatable bonds is 3. The van der Waals surface area contributed by atoms with Crippen LogP contribution in [-0.4, -0.2) is 42.5 Å². The summed E-state index contributed by atoms with van der Waals surface area (Å²) < 4.78 is 5.34. The highest BCUT2D eigenvalue weighted by molar-refractivity contribution is 6.17. The number of ether oxygens (including phenoxy) is 1. The third-order valence-corrected chi connectivity index (χ3v) is 3.01. The van der Waals surface area contributed by atoms with E-state index in [-0.39, 0.29) is 12.6 Å². The summed E-state index contributed by atoms with van der Waals surface area (Å²) in [6, 6.07) is 3.81. The van der Waals surface area contributed by atoms with Crippen molar-refractivity contribution in [3.8, 4) is 0 Å². The monoisotopic (exact) mass is 242 g/mol. The normalized spacial score (nSPS) is 21.1. The number of aliphatic hydroxyl groups is 1. The molecule has 2 rings (SSSR count). The minimum atomic E-state index is -0.0226. The maximum atomic E-state index is 9.30. The molecule has 1 aliphatic heterocycles. The largest absolute Gasteiger partial charge is 0.394 e. The van der Waals surface area contributed by atoms with Gasteiger partial charge in [0, 0.05) is 18.3 Å². The SMILES string of the molecule is OCC1COCCN1c1ncccc1CCl. The molecule has 0 amide bonds. The van der Waals surface area contributed by atoms with E-state index in [4.69, 9.17) is 16.3 Å². The predicted molar refractivity (Wildman–Crippen MR) is 62.8 cm³/mol. The summed E-state index contributed by atoms with van der Waals surface area (Å²) in [4.78, 5) is 6.42. The molecule has 0 spiro atoms. The second kappa shape index (κ2) is 5.48. The molecule has 1 unspecified atom stereocenters. The van der Waals surface area contributed by atoms with Crippen LogP contribution in [0.25, 0.3) is 0 Å². The Bertz CT molecular complexity index is 349. The molecule has 1 aromatic heterocycles. The Morgan fingerprint density at radius 2 is 2.50 bits per heavy atom. The smallest absolute Gasteiger partial charge is 0.133 e. The number of anilines is 1. The molecule has 2 heterocycles. The van der Waals surface area contributed by atoms with Crippen molar-refractivity contribution in [2.75, 3.05) is 31.3 Å². The van der Waals surface area contributed by atoms with Gasteiger partial charge in [-0.05, 0) is 6.07 Å². The van der Waals surface area contributed by atoms with Crippen LogP contribution < -0.4 is 4.90 Å². The van der Waals surface area contributed by atoms with E-state index in [0.29, 0.717) is 19.1 Å². The van der Waals surface area contributed by atoms with Gasteiger partial charge in [-0.2, -0.15) is 0 Å². The van der Waals surface area contributed by atoms with Crippen LogP contribution in [0.5, 0.6) is 0 Å². The molecule has 16 heavy (non-hydrogen) atoms. The fourth-order valence-electron chi connectivity index (χ4n) is 1.88. The van der Waals surface area contributed by atoms with Gasteiger partial charge >= 0.3 is 0 Å². The molecule has 1 N–H and O–H groups in total. The summed E-state index contributed by atoms with van der Waals surface area (Å²) in [5, 5.41) is 9.30. The van der Waals surface area contributed by atoms with Crippen molar-refractivity contribution in [2.24, 2.45) is 0 Å². The number of halogens is 1. The van der Waals surface area contributed by atoms with Crippen molar-refractivity contribution in [3.63, 3.8) is 0 Å². The third-order valence-electron chi connectivity index (χ3n) is 2.72. The molecular formula is C11H15ClN2O2. The van der Waals surface area contributed by atoms with Gasteiger partial charge in [-0.3, -0.25) is 0 Å². The van der Waals surface area contributed by atoms with Crippen molar-refractivity contribution < 1.29 is 9.84 Å². The summed E-state index contributed by atoms with van der Waals surface area (Å²) in [7, 11) is 0. The minimum Gasteiger partial charge on any atom is -0.394 e. The molecule has 1 aromatic rings. The van der Waals surface area contributed by atoms with Gasteiger partial charge in [-0.25, -0.2) is 4.98 Å². The van der Waals surface area contributed by atoms with Crippen LogP contribution in [0.1, 0.15) is 5.56 Å². The molecule has 1 fully saturated rings. The zero-order valence-electron chi connectivity index (χ0n) is 8.97. The van der Waals surface area contributed by atoms with Crippen LogP contribution in [0.3, 0.4) is 0 Å². The zero-order valence-corrected chi connectivity index (χ0v) is 9.73. The predicted octanol–water partition coefficient (Wildman–Crippen LogP) is 1.02. The van der Waals surface area contributed by atoms with E-state index in [1.165, 1.54) is 0 Å². The first-order valence-electron chi connectivity index (χ1n) is 5.32. The standard InChI is InChI=1S/C11H15ClN2O2/c12-6-9-2-1-3-13-11(9)14-4-5-16-8-10(14)7-15/h1-3,10,15H,4-8H2. The topological polar surface area (TPSA) is 45.6 Å². The van der Waals surface area contributed by atoms with Crippen molar-refractivity contribution >= 4 is 17.4 Å². The van der Waals surface area contributed by atoms with Crippen LogP contribution in [0.2, 0.25) is 0 Å². The number of hydrogen-bond acceptors (Lipinski definition) is 4. The average Bonchev–Trinajstić information content (AvgIpc) is 2.38. The first-order chi connectivity index (χ1) is 7.86. The molecule has 1 saturated heterocycles. The number of alkyl halides is 1. The van der Waals surface area contributed by atoms with Gasteiger partial charge in [0.1, 0.15) is 5.82 Å².